The van der Waals surface area contributed by atoms with E-state index in [0.29, 0.717) is 5.69 Å². The molecule has 3 nitrogen and oxygen atoms in total. The largest absolute Gasteiger partial charge is 0.385 e. The van der Waals surface area contributed by atoms with Gasteiger partial charge in [0.15, 0.2) is 0 Å². The van der Waals surface area contributed by atoms with Gasteiger partial charge in [0.2, 0.25) is 0 Å². The quantitative estimate of drug-likeness (QED) is 0.768. The number of fused-ring (bicyclic) bond motifs is 1. The zero-order chi connectivity index (χ0) is 10.7. The van der Waals surface area contributed by atoms with Crippen molar-refractivity contribution < 1.29 is 0 Å². The molecule has 3 heteroatoms. The average Bonchev–Trinajstić information content (AvgIpc) is 2.30. The fraction of sp³-hybridized carbons (Fsp3) is 0.167. The van der Waals surface area contributed by atoms with E-state index in [0.717, 1.165) is 23.0 Å². The van der Waals surface area contributed by atoms with Gasteiger partial charge in [0.05, 0.1) is 0 Å². The Hall–Kier alpha value is -1.90. The van der Waals surface area contributed by atoms with Gasteiger partial charge >= 0.3 is 0 Å². The van der Waals surface area contributed by atoms with E-state index in [1.807, 2.05) is 37.3 Å². The summed E-state index contributed by atoms with van der Waals surface area (Å²) in [4.78, 5) is 10.6. The molecule has 0 aliphatic rings. The van der Waals surface area contributed by atoms with Gasteiger partial charge in [-0.1, -0.05) is 24.3 Å². The lowest BCUT2D eigenvalue weighted by atomic mass is 10.1. The first-order valence-electron chi connectivity index (χ1n) is 4.95. The summed E-state index contributed by atoms with van der Waals surface area (Å²) in [6, 6.07) is 11.4. The van der Waals surface area contributed by atoms with Crippen LogP contribution in [0.2, 0.25) is 0 Å². The van der Waals surface area contributed by atoms with E-state index in [1.54, 1.807) is 6.07 Å². The molecule has 1 N–H and O–H groups in total. The van der Waals surface area contributed by atoms with Gasteiger partial charge in [0.25, 0.3) is 0 Å². The normalized spacial score (nSPS) is 10.2. The van der Waals surface area contributed by atoms with Crippen molar-refractivity contribution in [2.24, 2.45) is 5.18 Å². The van der Waals surface area contributed by atoms with Crippen LogP contribution >= 0.6 is 0 Å². The molecule has 0 spiro atoms. The number of hydrogen-bond acceptors (Lipinski definition) is 3. The monoisotopic (exact) mass is 200 g/mol. The van der Waals surface area contributed by atoms with E-state index in [1.165, 1.54) is 0 Å². The van der Waals surface area contributed by atoms with Crippen LogP contribution in [0.25, 0.3) is 10.8 Å². The van der Waals surface area contributed by atoms with Crippen molar-refractivity contribution in [3.8, 4) is 0 Å². The minimum absolute atomic E-state index is 0.493. The van der Waals surface area contributed by atoms with Gasteiger partial charge in [-0.05, 0) is 24.2 Å². The topological polar surface area (TPSA) is 41.5 Å². The van der Waals surface area contributed by atoms with Crippen LogP contribution in [0.4, 0.5) is 11.4 Å². The second-order valence-electron chi connectivity index (χ2n) is 3.30. The van der Waals surface area contributed by atoms with Crippen LogP contribution in [0.1, 0.15) is 6.92 Å². The van der Waals surface area contributed by atoms with Crippen LogP contribution in [0, 0.1) is 4.91 Å². The molecule has 0 heterocycles. The highest BCUT2D eigenvalue weighted by Crippen LogP contribution is 2.31. The van der Waals surface area contributed by atoms with E-state index in [9.17, 15) is 4.91 Å². The van der Waals surface area contributed by atoms with Gasteiger partial charge in [-0.15, -0.1) is 4.91 Å². The molecular weight excluding hydrogens is 188 g/mol. The minimum Gasteiger partial charge on any atom is -0.385 e. The van der Waals surface area contributed by atoms with E-state index in [2.05, 4.69) is 10.5 Å². The number of hydrogen-bond donors (Lipinski definition) is 1. The zero-order valence-electron chi connectivity index (χ0n) is 8.53. The highest BCUT2D eigenvalue weighted by atomic mass is 16.3. The number of benzene rings is 2. The molecule has 0 saturated heterocycles. The molecule has 0 atom stereocenters. The Morgan fingerprint density at radius 2 is 1.87 bits per heavy atom. The lowest BCUT2D eigenvalue weighted by Crippen LogP contribution is -1.96. The molecule has 0 saturated carbocycles. The van der Waals surface area contributed by atoms with Crippen molar-refractivity contribution >= 4 is 22.1 Å². The maximum absolute atomic E-state index is 10.6. The summed E-state index contributed by atoms with van der Waals surface area (Å²) in [5.41, 5.74) is 1.53. The molecule has 0 unspecified atom stereocenters. The van der Waals surface area contributed by atoms with Crippen LogP contribution in [-0.2, 0) is 0 Å². The maximum atomic E-state index is 10.6. The smallest absolute Gasteiger partial charge is 0.115 e. The van der Waals surface area contributed by atoms with Crippen molar-refractivity contribution in [1.29, 1.82) is 0 Å². The predicted molar refractivity (Wildman–Crippen MR) is 63.6 cm³/mol. The molecule has 0 aliphatic heterocycles. The molecule has 2 aromatic rings. The Bertz CT molecular complexity index is 494. The first kappa shape index (κ1) is 9.65. The Morgan fingerprint density at radius 1 is 1.13 bits per heavy atom. The average molecular weight is 200 g/mol. The molecule has 0 aliphatic carbocycles. The summed E-state index contributed by atoms with van der Waals surface area (Å²) < 4.78 is 0. The highest BCUT2D eigenvalue weighted by Gasteiger charge is 2.04. The van der Waals surface area contributed by atoms with Crippen molar-refractivity contribution in [2.45, 2.75) is 6.92 Å². The summed E-state index contributed by atoms with van der Waals surface area (Å²) in [7, 11) is 0. The van der Waals surface area contributed by atoms with Crippen LogP contribution < -0.4 is 5.32 Å². The van der Waals surface area contributed by atoms with Gasteiger partial charge in [-0.2, -0.15) is 0 Å². The molecule has 0 fully saturated rings. The summed E-state index contributed by atoms with van der Waals surface area (Å²) in [5.74, 6) is 0. The Balaban J connectivity index is 2.71. The van der Waals surface area contributed by atoms with Gasteiger partial charge in [-0.3, -0.25) is 0 Å². The molecule has 0 aromatic heterocycles. The Labute approximate surface area is 88.1 Å². The second-order valence-corrected chi connectivity index (χ2v) is 3.30. The molecule has 0 radical (unpaired) electrons. The summed E-state index contributed by atoms with van der Waals surface area (Å²) >= 11 is 0. The summed E-state index contributed by atoms with van der Waals surface area (Å²) in [6.07, 6.45) is 0. The molecule has 2 rings (SSSR count). The standard InChI is InChI=1S/C12H12N2O/c1-2-13-11-7-8-12(14-15)10-6-4-3-5-9(10)11/h3-8,13H,2H2,1H3. The highest BCUT2D eigenvalue weighted by molar-refractivity contribution is 6.00. The number of rotatable bonds is 3. The number of anilines is 1. The van der Waals surface area contributed by atoms with Gasteiger partial charge < -0.3 is 5.32 Å². The molecule has 0 bridgehead atoms. The number of nitroso groups, excluding NO2 is 1. The van der Waals surface area contributed by atoms with Gasteiger partial charge in [0.1, 0.15) is 5.69 Å². The molecule has 15 heavy (non-hydrogen) atoms. The number of nitrogens with one attached hydrogen (secondary N) is 1. The lowest BCUT2D eigenvalue weighted by molar-refractivity contribution is 1.22. The lowest BCUT2D eigenvalue weighted by Gasteiger charge is -2.08. The SMILES string of the molecule is CCNc1ccc(N=O)c2ccccc12. The fourth-order valence-electron chi connectivity index (χ4n) is 1.71. The third kappa shape index (κ3) is 1.68. The van der Waals surface area contributed by atoms with E-state index in [-0.39, 0.29) is 0 Å². The Morgan fingerprint density at radius 3 is 2.53 bits per heavy atom. The van der Waals surface area contributed by atoms with Crippen molar-refractivity contribution in [3.05, 3.63) is 41.3 Å². The van der Waals surface area contributed by atoms with Crippen LogP contribution in [-0.4, -0.2) is 6.54 Å². The number of nitrogens with zero attached hydrogens (tertiary/aromatic N) is 1. The van der Waals surface area contributed by atoms with Crippen LogP contribution in [0.3, 0.4) is 0 Å². The molecule has 0 amide bonds. The predicted octanol–water partition coefficient (Wildman–Crippen LogP) is 3.67. The van der Waals surface area contributed by atoms with Crippen molar-refractivity contribution in [2.75, 3.05) is 11.9 Å². The third-order valence-electron chi connectivity index (χ3n) is 2.37. The second kappa shape index (κ2) is 4.09. The van der Waals surface area contributed by atoms with Crippen LogP contribution in [0.5, 0.6) is 0 Å². The maximum Gasteiger partial charge on any atom is 0.115 e. The Kier molecular flexibility index (Phi) is 2.63. The molecule has 76 valence electrons. The van der Waals surface area contributed by atoms with Crippen molar-refractivity contribution in [3.63, 3.8) is 0 Å². The third-order valence-corrected chi connectivity index (χ3v) is 2.37. The molecular formula is C12H12N2O. The van der Waals surface area contributed by atoms with E-state index >= 15 is 0 Å². The summed E-state index contributed by atoms with van der Waals surface area (Å²) in [5, 5.41) is 8.21. The van der Waals surface area contributed by atoms with Crippen LogP contribution in [0.15, 0.2) is 41.6 Å². The van der Waals surface area contributed by atoms with Gasteiger partial charge in [-0.25, -0.2) is 0 Å². The van der Waals surface area contributed by atoms with E-state index < -0.39 is 0 Å². The molecule has 2 aromatic carbocycles. The minimum atomic E-state index is 0.493. The first-order chi connectivity index (χ1) is 7.36. The van der Waals surface area contributed by atoms with Gasteiger partial charge in [0, 0.05) is 23.0 Å². The van der Waals surface area contributed by atoms with E-state index in [4.69, 9.17) is 0 Å². The zero-order valence-corrected chi connectivity index (χ0v) is 8.53. The summed E-state index contributed by atoms with van der Waals surface area (Å²) in [6.45, 7) is 2.90. The first-order valence-corrected chi connectivity index (χ1v) is 4.95. The fourth-order valence-corrected chi connectivity index (χ4v) is 1.71. The van der Waals surface area contributed by atoms with Crippen molar-refractivity contribution in [1.82, 2.24) is 0 Å².